The van der Waals surface area contributed by atoms with Gasteiger partial charge in [0.1, 0.15) is 12.4 Å². The van der Waals surface area contributed by atoms with Gasteiger partial charge in [0.25, 0.3) is 0 Å². The number of benzene rings is 1. The van der Waals surface area contributed by atoms with Gasteiger partial charge >= 0.3 is 0 Å². The molecule has 2 N–H and O–H groups in total. The van der Waals surface area contributed by atoms with Crippen molar-refractivity contribution in [3.05, 3.63) is 29.6 Å². The smallest absolute Gasteiger partial charge is 0.243 e. The first kappa shape index (κ1) is 15.9. The summed E-state index contributed by atoms with van der Waals surface area (Å²) in [6.07, 6.45) is 1.50. The number of aliphatic hydroxyl groups excluding tert-OH is 2. The summed E-state index contributed by atoms with van der Waals surface area (Å²) in [4.78, 5) is -0.158. The van der Waals surface area contributed by atoms with Gasteiger partial charge in [0.2, 0.25) is 10.0 Å². The van der Waals surface area contributed by atoms with Crippen LogP contribution in [0, 0.1) is 17.7 Å². The van der Waals surface area contributed by atoms with Gasteiger partial charge in [-0.2, -0.15) is 4.31 Å². The summed E-state index contributed by atoms with van der Waals surface area (Å²) >= 11 is 0. The molecule has 0 spiro atoms. The van der Waals surface area contributed by atoms with Crippen LogP contribution >= 0.6 is 0 Å². The first-order chi connectivity index (χ1) is 10.0. The van der Waals surface area contributed by atoms with E-state index in [0.717, 1.165) is 18.9 Å². The Balaban J connectivity index is 2.33. The molecule has 0 amide bonds. The van der Waals surface area contributed by atoms with Crippen molar-refractivity contribution in [3.63, 3.8) is 0 Å². The highest BCUT2D eigenvalue weighted by Gasteiger charge is 2.37. The molecule has 0 bridgehead atoms. The molecule has 21 heavy (non-hydrogen) atoms. The van der Waals surface area contributed by atoms with E-state index in [4.69, 9.17) is 10.2 Å². The number of halogens is 1. The van der Waals surface area contributed by atoms with Crippen molar-refractivity contribution >= 4 is 10.0 Å². The lowest BCUT2D eigenvalue weighted by Gasteiger charge is -2.20. The van der Waals surface area contributed by atoms with E-state index in [1.807, 2.05) is 0 Å². The van der Waals surface area contributed by atoms with Crippen LogP contribution in [-0.2, 0) is 10.0 Å². The lowest BCUT2D eigenvalue weighted by atomic mass is 10.2. The predicted octanol–water partition coefficient (Wildman–Crippen LogP) is 0.315. The predicted molar refractivity (Wildman–Crippen MR) is 74.4 cm³/mol. The molecule has 1 aromatic rings. The Morgan fingerprint density at radius 1 is 1.33 bits per heavy atom. The molecule has 0 aliphatic heterocycles. The minimum absolute atomic E-state index is 0.000683. The fourth-order valence-electron chi connectivity index (χ4n) is 1.99. The van der Waals surface area contributed by atoms with Gasteiger partial charge in [0.05, 0.1) is 17.1 Å². The van der Waals surface area contributed by atoms with E-state index in [-0.39, 0.29) is 29.7 Å². The van der Waals surface area contributed by atoms with Crippen LogP contribution in [-0.4, -0.2) is 48.7 Å². The minimum Gasteiger partial charge on any atom is -0.395 e. The summed E-state index contributed by atoms with van der Waals surface area (Å²) in [5, 5.41) is 17.6. The van der Waals surface area contributed by atoms with Crippen LogP contribution < -0.4 is 0 Å². The number of nitrogens with zero attached hydrogens (tertiary/aromatic N) is 1. The Bertz CT molecular complexity index is 674. The first-order valence-corrected chi connectivity index (χ1v) is 7.96. The first-order valence-electron chi connectivity index (χ1n) is 6.52. The Kier molecular flexibility index (Phi) is 4.96. The van der Waals surface area contributed by atoms with Crippen molar-refractivity contribution in [1.82, 2.24) is 4.31 Å². The summed E-state index contributed by atoms with van der Waals surface area (Å²) in [6, 6.07) is 3.37. The molecule has 1 aliphatic carbocycles. The van der Waals surface area contributed by atoms with Crippen LogP contribution in [0.15, 0.2) is 23.1 Å². The number of hydrogen-bond donors (Lipinski definition) is 2. The molecule has 2 rings (SSSR count). The summed E-state index contributed by atoms with van der Waals surface area (Å²) in [5.74, 6) is 3.96. The molecule has 7 heteroatoms. The Hall–Kier alpha value is -1.46. The molecular weight excluding hydrogens is 297 g/mol. The van der Waals surface area contributed by atoms with Gasteiger partial charge < -0.3 is 10.2 Å². The fraction of sp³-hybridized carbons (Fsp3) is 0.429. The highest BCUT2D eigenvalue weighted by molar-refractivity contribution is 7.89. The standard InChI is InChI=1S/C14H16FNO4S/c15-14-10-13(6-3-11(14)2-1-8-17)21(19,20)16(7-9-18)12-4-5-12/h3,6,10,12,17-18H,4-5,7-9H2. The van der Waals surface area contributed by atoms with Gasteiger partial charge in [-0.25, -0.2) is 12.8 Å². The molecule has 5 nitrogen and oxygen atoms in total. The molecule has 0 radical (unpaired) electrons. The maximum Gasteiger partial charge on any atom is 0.243 e. The molecule has 0 unspecified atom stereocenters. The molecular formula is C14H16FNO4S. The highest BCUT2D eigenvalue weighted by Crippen LogP contribution is 2.32. The second-order valence-corrected chi connectivity index (χ2v) is 6.56. The van der Waals surface area contributed by atoms with Crippen LogP contribution in [0.2, 0.25) is 0 Å². The third-order valence-corrected chi connectivity index (χ3v) is 5.07. The summed E-state index contributed by atoms with van der Waals surface area (Å²) in [7, 11) is -3.82. The van der Waals surface area contributed by atoms with E-state index < -0.39 is 22.4 Å². The summed E-state index contributed by atoms with van der Waals surface area (Å²) in [6.45, 7) is -0.676. The van der Waals surface area contributed by atoms with E-state index in [9.17, 15) is 12.8 Å². The molecule has 0 aromatic heterocycles. The number of sulfonamides is 1. The monoisotopic (exact) mass is 313 g/mol. The maximum atomic E-state index is 13.9. The third kappa shape index (κ3) is 3.60. The van der Waals surface area contributed by atoms with E-state index in [2.05, 4.69) is 11.8 Å². The molecule has 0 heterocycles. The average molecular weight is 313 g/mol. The molecule has 1 fully saturated rings. The van der Waals surface area contributed by atoms with Crippen molar-refractivity contribution in [2.24, 2.45) is 0 Å². The third-order valence-electron chi connectivity index (χ3n) is 3.12. The van der Waals surface area contributed by atoms with E-state index in [1.165, 1.54) is 16.4 Å². The SMILES string of the molecule is O=S(=O)(c1ccc(C#CCO)c(F)c1)N(CCO)C1CC1. The lowest BCUT2D eigenvalue weighted by molar-refractivity contribution is 0.250. The number of rotatable bonds is 5. The van der Waals surface area contributed by atoms with Gasteiger partial charge in [-0.05, 0) is 31.0 Å². The van der Waals surface area contributed by atoms with Crippen LogP contribution in [0.5, 0.6) is 0 Å². The van der Waals surface area contributed by atoms with E-state index >= 15 is 0 Å². The summed E-state index contributed by atoms with van der Waals surface area (Å²) < 4.78 is 40.0. The van der Waals surface area contributed by atoms with Crippen molar-refractivity contribution in [1.29, 1.82) is 0 Å². The van der Waals surface area contributed by atoms with Gasteiger partial charge in [0.15, 0.2) is 0 Å². The van der Waals surface area contributed by atoms with Crippen LogP contribution in [0.25, 0.3) is 0 Å². The van der Waals surface area contributed by atoms with Crippen molar-refractivity contribution in [2.45, 2.75) is 23.8 Å². The van der Waals surface area contributed by atoms with Gasteiger partial charge in [-0.1, -0.05) is 11.8 Å². The quantitative estimate of drug-likeness (QED) is 0.767. The Labute approximate surface area is 123 Å². The average Bonchev–Trinajstić information content (AvgIpc) is 3.27. The van der Waals surface area contributed by atoms with Crippen molar-refractivity contribution in [3.8, 4) is 11.8 Å². The Morgan fingerprint density at radius 3 is 2.57 bits per heavy atom. The zero-order valence-corrected chi connectivity index (χ0v) is 12.1. The minimum atomic E-state index is -3.82. The van der Waals surface area contributed by atoms with Gasteiger partial charge in [-0.15, -0.1) is 0 Å². The Morgan fingerprint density at radius 2 is 2.05 bits per heavy atom. The van der Waals surface area contributed by atoms with Gasteiger partial charge in [-0.3, -0.25) is 0 Å². The maximum absolute atomic E-state index is 13.9. The molecule has 1 saturated carbocycles. The fourth-order valence-corrected chi connectivity index (χ4v) is 3.68. The molecule has 1 aliphatic rings. The van der Waals surface area contributed by atoms with Gasteiger partial charge in [0, 0.05) is 12.6 Å². The normalized spacial score (nSPS) is 14.9. The van der Waals surface area contributed by atoms with Crippen LogP contribution in [0.4, 0.5) is 4.39 Å². The molecule has 0 atom stereocenters. The highest BCUT2D eigenvalue weighted by atomic mass is 32.2. The lowest BCUT2D eigenvalue weighted by Crippen LogP contribution is -2.35. The zero-order valence-electron chi connectivity index (χ0n) is 11.3. The topological polar surface area (TPSA) is 77.8 Å². The summed E-state index contributed by atoms with van der Waals surface area (Å²) in [5.41, 5.74) is 0.0307. The largest absolute Gasteiger partial charge is 0.395 e. The van der Waals surface area contributed by atoms with Crippen molar-refractivity contribution in [2.75, 3.05) is 19.8 Å². The second kappa shape index (κ2) is 6.54. The molecule has 0 saturated heterocycles. The van der Waals surface area contributed by atoms with Crippen LogP contribution in [0.3, 0.4) is 0 Å². The van der Waals surface area contributed by atoms with Crippen molar-refractivity contribution < 1.29 is 23.0 Å². The van der Waals surface area contributed by atoms with Crippen LogP contribution in [0.1, 0.15) is 18.4 Å². The van der Waals surface area contributed by atoms with E-state index in [1.54, 1.807) is 0 Å². The molecule has 114 valence electrons. The number of hydrogen-bond acceptors (Lipinski definition) is 4. The molecule has 1 aromatic carbocycles. The number of aliphatic hydroxyl groups is 2. The second-order valence-electron chi connectivity index (χ2n) is 4.67. The van der Waals surface area contributed by atoms with E-state index in [0.29, 0.717) is 0 Å². The zero-order chi connectivity index (χ0) is 15.5.